The molecule has 0 saturated carbocycles. The first-order valence-corrected chi connectivity index (χ1v) is 4.52. The number of amides is 1. The molecule has 1 rings (SSSR count). The minimum Gasteiger partial charge on any atom is -0.493 e. The van der Waals surface area contributed by atoms with Gasteiger partial charge in [0, 0.05) is 5.56 Å². The molecule has 1 amide bonds. The smallest absolute Gasteiger partial charge is 0.306 e. The molecule has 0 fully saturated rings. The highest BCUT2D eigenvalue weighted by Gasteiger charge is 2.04. The van der Waals surface area contributed by atoms with Crippen LogP contribution in [0.3, 0.4) is 0 Å². The van der Waals surface area contributed by atoms with Crippen LogP contribution in [0.5, 0.6) is 5.75 Å². The number of aliphatic carboxylic acids is 1. The van der Waals surface area contributed by atoms with Crippen molar-refractivity contribution in [3.63, 3.8) is 0 Å². The van der Waals surface area contributed by atoms with Gasteiger partial charge in [-0.25, -0.2) is 5.48 Å². The number of hydrogen-bond donors (Lipinski definition) is 3. The van der Waals surface area contributed by atoms with Gasteiger partial charge in [0.1, 0.15) is 5.75 Å². The van der Waals surface area contributed by atoms with Crippen LogP contribution in [-0.4, -0.2) is 28.8 Å². The second kappa shape index (κ2) is 5.72. The number of ether oxygens (including phenoxy) is 1. The van der Waals surface area contributed by atoms with Gasteiger partial charge in [-0.05, 0) is 24.3 Å². The summed E-state index contributed by atoms with van der Waals surface area (Å²) in [6.45, 7) is 0.0703. The van der Waals surface area contributed by atoms with Gasteiger partial charge in [0.2, 0.25) is 0 Å². The number of carboxylic acids is 1. The summed E-state index contributed by atoms with van der Waals surface area (Å²) in [5.41, 5.74) is 1.79. The third-order valence-corrected chi connectivity index (χ3v) is 1.80. The molecule has 0 aromatic heterocycles. The number of carboxylic acid groups (broad SMARTS) is 1. The Morgan fingerprint density at radius 1 is 1.25 bits per heavy atom. The summed E-state index contributed by atoms with van der Waals surface area (Å²) in [4.78, 5) is 21.2. The Balaban J connectivity index is 2.51. The molecule has 0 radical (unpaired) electrons. The molecule has 0 unspecified atom stereocenters. The highest BCUT2D eigenvalue weighted by molar-refractivity contribution is 5.93. The van der Waals surface area contributed by atoms with Crippen molar-refractivity contribution < 1.29 is 24.6 Å². The first-order valence-electron chi connectivity index (χ1n) is 4.52. The molecule has 0 aliphatic rings. The summed E-state index contributed by atoms with van der Waals surface area (Å²) < 4.78 is 5.11. The molecule has 6 nitrogen and oxygen atoms in total. The van der Waals surface area contributed by atoms with E-state index >= 15 is 0 Å². The van der Waals surface area contributed by atoms with Gasteiger partial charge in [0.25, 0.3) is 5.91 Å². The van der Waals surface area contributed by atoms with Gasteiger partial charge in [-0.2, -0.15) is 0 Å². The average Bonchev–Trinajstić information content (AvgIpc) is 2.28. The Morgan fingerprint density at radius 3 is 2.38 bits per heavy atom. The van der Waals surface area contributed by atoms with Gasteiger partial charge >= 0.3 is 5.97 Å². The van der Waals surface area contributed by atoms with E-state index in [2.05, 4.69) is 0 Å². The maximum Gasteiger partial charge on any atom is 0.306 e. The predicted molar refractivity (Wildman–Crippen MR) is 53.4 cm³/mol. The summed E-state index contributed by atoms with van der Waals surface area (Å²) in [7, 11) is 0. The lowest BCUT2D eigenvalue weighted by molar-refractivity contribution is -0.137. The fourth-order valence-corrected chi connectivity index (χ4v) is 1.02. The Hall–Kier alpha value is -2.08. The molecular weight excluding hydrogens is 214 g/mol. The van der Waals surface area contributed by atoms with E-state index in [1.165, 1.54) is 29.7 Å². The van der Waals surface area contributed by atoms with E-state index in [0.717, 1.165) is 0 Å². The van der Waals surface area contributed by atoms with Crippen LogP contribution < -0.4 is 10.2 Å². The van der Waals surface area contributed by atoms with Gasteiger partial charge in [-0.3, -0.25) is 14.8 Å². The van der Waals surface area contributed by atoms with E-state index in [0.29, 0.717) is 5.75 Å². The first kappa shape index (κ1) is 12.0. The molecule has 6 heteroatoms. The van der Waals surface area contributed by atoms with Crippen molar-refractivity contribution in [1.82, 2.24) is 5.48 Å². The molecule has 3 N–H and O–H groups in total. The zero-order chi connectivity index (χ0) is 12.0. The predicted octanol–water partition coefficient (Wildman–Crippen LogP) is 0.659. The zero-order valence-corrected chi connectivity index (χ0v) is 8.34. The Bertz CT molecular complexity index is 373. The number of rotatable bonds is 5. The second-order valence-corrected chi connectivity index (χ2v) is 2.96. The van der Waals surface area contributed by atoms with E-state index in [1.54, 1.807) is 0 Å². The van der Waals surface area contributed by atoms with Crippen molar-refractivity contribution in [1.29, 1.82) is 0 Å². The summed E-state index contributed by atoms with van der Waals surface area (Å²) in [6, 6.07) is 5.96. The molecule has 86 valence electrons. The quantitative estimate of drug-likeness (QED) is 0.505. The normalized spacial score (nSPS) is 9.56. The van der Waals surface area contributed by atoms with E-state index in [9.17, 15) is 9.59 Å². The van der Waals surface area contributed by atoms with E-state index in [4.69, 9.17) is 15.1 Å². The first-order chi connectivity index (χ1) is 7.63. The van der Waals surface area contributed by atoms with Gasteiger partial charge < -0.3 is 9.84 Å². The van der Waals surface area contributed by atoms with Crippen molar-refractivity contribution in [3.8, 4) is 5.75 Å². The number of benzene rings is 1. The van der Waals surface area contributed by atoms with E-state index in [-0.39, 0.29) is 18.6 Å². The maximum absolute atomic E-state index is 10.9. The summed E-state index contributed by atoms with van der Waals surface area (Å²) in [5.74, 6) is -1.08. The standard InChI is InChI=1S/C10H11NO5/c12-9(13)5-6-16-8-3-1-7(2-4-8)10(14)11-15/h1-4,15H,5-6H2,(H,11,14)(H,12,13). The van der Waals surface area contributed by atoms with E-state index < -0.39 is 11.9 Å². The highest BCUT2D eigenvalue weighted by Crippen LogP contribution is 2.12. The van der Waals surface area contributed by atoms with Gasteiger partial charge in [0.15, 0.2) is 0 Å². The lowest BCUT2D eigenvalue weighted by Crippen LogP contribution is -2.18. The highest BCUT2D eigenvalue weighted by atomic mass is 16.5. The van der Waals surface area contributed by atoms with Crippen molar-refractivity contribution in [3.05, 3.63) is 29.8 Å². The third-order valence-electron chi connectivity index (χ3n) is 1.80. The van der Waals surface area contributed by atoms with Gasteiger partial charge in [-0.15, -0.1) is 0 Å². The minimum absolute atomic E-state index is 0.0703. The van der Waals surface area contributed by atoms with Crippen molar-refractivity contribution >= 4 is 11.9 Å². The molecule has 0 aliphatic carbocycles. The Kier molecular flexibility index (Phi) is 4.28. The number of nitrogens with one attached hydrogen (secondary N) is 1. The van der Waals surface area contributed by atoms with Crippen LogP contribution >= 0.6 is 0 Å². The molecule has 16 heavy (non-hydrogen) atoms. The molecule has 0 saturated heterocycles. The Morgan fingerprint density at radius 2 is 1.88 bits per heavy atom. The molecule has 0 bridgehead atoms. The lowest BCUT2D eigenvalue weighted by Gasteiger charge is -2.04. The molecule has 0 heterocycles. The van der Waals surface area contributed by atoms with Crippen LogP contribution in [0.1, 0.15) is 16.8 Å². The van der Waals surface area contributed by atoms with Crippen LogP contribution in [0.25, 0.3) is 0 Å². The number of hydroxylamine groups is 1. The topological polar surface area (TPSA) is 95.9 Å². The second-order valence-electron chi connectivity index (χ2n) is 2.96. The average molecular weight is 225 g/mol. The van der Waals surface area contributed by atoms with Crippen LogP contribution in [0.15, 0.2) is 24.3 Å². The maximum atomic E-state index is 10.9. The monoisotopic (exact) mass is 225 g/mol. The molecule has 1 aromatic carbocycles. The SMILES string of the molecule is O=C(O)CCOc1ccc(C(=O)NO)cc1. The Labute approximate surface area is 91.4 Å². The van der Waals surface area contributed by atoms with Crippen LogP contribution in [0, 0.1) is 0 Å². The molecule has 0 atom stereocenters. The van der Waals surface area contributed by atoms with Crippen LogP contribution in [-0.2, 0) is 4.79 Å². The number of hydrogen-bond acceptors (Lipinski definition) is 4. The van der Waals surface area contributed by atoms with Crippen molar-refractivity contribution in [2.24, 2.45) is 0 Å². The van der Waals surface area contributed by atoms with Crippen molar-refractivity contribution in [2.45, 2.75) is 6.42 Å². The number of carbonyl (C=O) groups excluding carboxylic acids is 1. The van der Waals surface area contributed by atoms with Crippen molar-refractivity contribution in [2.75, 3.05) is 6.61 Å². The largest absolute Gasteiger partial charge is 0.493 e. The summed E-state index contributed by atoms with van der Waals surface area (Å²) in [6.07, 6.45) is -0.0844. The number of carbonyl (C=O) groups is 2. The fraction of sp³-hybridized carbons (Fsp3) is 0.200. The fourth-order valence-electron chi connectivity index (χ4n) is 1.02. The van der Waals surface area contributed by atoms with Gasteiger partial charge in [-0.1, -0.05) is 0 Å². The molecule has 1 aromatic rings. The van der Waals surface area contributed by atoms with Crippen LogP contribution in [0.4, 0.5) is 0 Å². The van der Waals surface area contributed by atoms with E-state index in [1.807, 2.05) is 0 Å². The summed E-state index contributed by atoms with van der Waals surface area (Å²) in [5, 5.41) is 16.7. The van der Waals surface area contributed by atoms with Crippen LogP contribution in [0.2, 0.25) is 0 Å². The lowest BCUT2D eigenvalue weighted by atomic mass is 10.2. The minimum atomic E-state index is -0.934. The molecule has 0 aliphatic heterocycles. The van der Waals surface area contributed by atoms with Gasteiger partial charge in [0.05, 0.1) is 13.0 Å². The third kappa shape index (κ3) is 3.58. The molecule has 0 spiro atoms. The molecular formula is C10H11NO5. The summed E-state index contributed by atoms with van der Waals surface area (Å²) >= 11 is 0. The zero-order valence-electron chi connectivity index (χ0n) is 8.34.